The summed E-state index contributed by atoms with van der Waals surface area (Å²) in [6.45, 7) is 0.632. The molecule has 0 spiro atoms. The summed E-state index contributed by atoms with van der Waals surface area (Å²) in [6, 6.07) is 11.1. The zero-order chi connectivity index (χ0) is 19.1. The van der Waals surface area contributed by atoms with E-state index in [9.17, 15) is 9.59 Å². The number of pyridine rings is 1. The second kappa shape index (κ2) is 9.31. The van der Waals surface area contributed by atoms with E-state index in [1.807, 2.05) is 12.1 Å². The lowest BCUT2D eigenvalue weighted by Gasteiger charge is -2.22. The van der Waals surface area contributed by atoms with Gasteiger partial charge in [-0.2, -0.15) is 0 Å². The number of amides is 2. The number of carbonyl (C=O) groups excluding carboxylic acids is 2. The molecule has 1 fully saturated rings. The third kappa shape index (κ3) is 5.39. The first-order valence-electron chi connectivity index (χ1n) is 9.69. The van der Waals surface area contributed by atoms with Gasteiger partial charge in [0.05, 0.1) is 0 Å². The maximum Gasteiger partial charge on any atom is 0.253 e. The van der Waals surface area contributed by atoms with Crippen molar-refractivity contribution in [1.29, 1.82) is 0 Å². The molecule has 5 nitrogen and oxygen atoms in total. The van der Waals surface area contributed by atoms with Gasteiger partial charge in [-0.15, -0.1) is 0 Å². The van der Waals surface area contributed by atoms with E-state index in [4.69, 9.17) is 0 Å². The van der Waals surface area contributed by atoms with Gasteiger partial charge in [0.2, 0.25) is 0 Å². The topological polar surface area (TPSA) is 62.3 Å². The van der Waals surface area contributed by atoms with Gasteiger partial charge in [0.25, 0.3) is 11.8 Å². The largest absolute Gasteiger partial charge is 0.349 e. The quantitative estimate of drug-likeness (QED) is 0.853. The van der Waals surface area contributed by atoms with E-state index in [0.717, 1.165) is 24.8 Å². The molecule has 2 amide bonds. The predicted octanol–water partition coefficient (Wildman–Crippen LogP) is 3.46. The van der Waals surface area contributed by atoms with Gasteiger partial charge in [0.15, 0.2) is 0 Å². The highest BCUT2D eigenvalue weighted by atomic mass is 16.2. The first-order chi connectivity index (χ1) is 13.1. The number of hydrogen-bond donors (Lipinski definition) is 1. The highest BCUT2D eigenvalue weighted by Crippen LogP contribution is 2.18. The zero-order valence-electron chi connectivity index (χ0n) is 15.9. The van der Waals surface area contributed by atoms with E-state index in [1.54, 1.807) is 48.6 Å². The molecule has 1 saturated carbocycles. The normalized spacial score (nSPS) is 14.6. The van der Waals surface area contributed by atoms with Crippen LogP contribution < -0.4 is 5.32 Å². The van der Waals surface area contributed by atoms with Crippen LogP contribution in [-0.4, -0.2) is 41.3 Å². The summed E-state index contributed by atoms with van der Waals surface area (Å²) in [5, 5.41) is 3.11. The Morgan fingerprint density at radius 2 is 1.63 bits per heavy atom. The number of hydrogen-bond acceptors (Lipinski definition) is 3. The van der Waals surface area contributed by atoms with Gasteiger partial charge in [-0.25, -0.2) is 0 Å². The predicted molar refractivity (Wildman–Crippen MR) is 106 cm³/mol. The van der Waals surface area contributed by atoms with Crippen LogP contribution in [-0.2, 0) is 6.42 Å². The molecule has 142 valence electrons. The fourth-order valence-electron chi connectivity index (χ4n) is 3.45. The lowest BCUT2D eigenvalue weighted by Crippen LogP contribution is -2.36. The molecule has 1 aliphatic carbocycles. The molecule has 1 aromatic heterocycles. The van der Waals surface area contributed by atoms with Gasteiger partial charge in [0, 0.05) is 43.2 Å². The molecule has 27 heavy (non-hydrogen) atoms. The summed E-state index contributed by atoms with van der Waals surface area (Å²) in [4.78, 5) is 30.7. The number of nitrogens with one attached hydrogen (secondary N) is 1. The minimum Gasteiger partial charge on any atom is -0.349 e. The third-order valence-electron chi connectivity index (χ3n) is 5.17. The molecule has 0 unspecified atom stereocenters. The monoisotopic (exact) mass is 365 g/mol. The van der Waals surface area contributed by atoms with E-state index < -0.39 is 0 Å². The first kappa shape index (κ1) is 19.1. The van der Waals surface area contributed by atoms with Crippen molar-refractivity contribution in [2.24, 2.45) is 0 Å². The van der Waals surface area contributed by atoms with Crippen molar-refractivity contribution in [3.8, 4) is 0 Å². The second-order valence-electron chi connectivity index (χ2n) is 7.22. The first-order valence-corrected chi connectivity index (χ1v) is 9.69. The summed E-state index contributed by atoms with van der Waals surface area (Å²) in [7, 11) is 1.80. The Bertz CT molecular complexity index is 753. The van der Waals surface area contributed by atoms with Crippen molar-refractivity contribution in [2.75, 3.05) is 13.6 Å². The van der Waals surface area contributed by atoms with Crippen molar-refractivity contribution in [3.05, 3.63) is 65.5 Å². The summed E-state index contributed by atoms with van der Waals surface area (Å²) < 4.78 is 0. The van der Waals surface area contributed by atoms with Crippen molar-refractivity contribution in [1.82, 2.24) is 15.2 Å². The van der Waals surface area contributed by atoms with Gasteiger partial charge in [0.1, 0.15) is 0 Å². The van der Waals surface area contributed by atoms with E-state index in [1.165, 1.54) is 19.3 Å². The molecule has 1 aliphatic rings. The van der Waals surface area contributed by atoms with Gasteiger partial charge in [-0.3, -0.25) is 14.6 Å². The molecule has 1 aromatic carbocycles. The van der Waals surface area contributed by atoms with Crippen molar-refractivity contribution >= 4 is 11.8 Å². The van der Waals surface area contributed by atoms with Crippen molar-refractivity contribution < 1.29 is 9.59 Å². The van der Waals surface area contributed by atoms with E-state index in [0.29, 0.717) is 17.7 Å². The minimum absolute atomic E-state index is 0.0386. The van der Waals surface area contributed by atoms with Crippen molar-refractivity contribution in [2.45, 2.75) is 44.6 Å². The number of benzene rings is 1. The van der Waals surface area contributed by atoms with Crippen molar-refractivity contribution in [3.63, 3.8) is 0 Å². The Balaban J connectivity index is 1.53. The van der Waals surface area contributed by atoms with Gasteiger partial charge < -0.3 is 10.2 Å². The average molecular weight is 365 g/mol. The van der Waals surface area contributed by atoms with Gasteiger partial charge in [-0.05, 0) is 61.2 Å². The average Bonchev–Trinajstić information content (AvgIpc) is 2.73. The van der Waals surface area contributed by atoms with Gasteiger partial charge in [-0.1, -0.05) is 19.3 Å². The summed E-state index contributed by atoms with van der Waals surface area (Å²) in [5.41, 5.74) is 2.36. The lowest BCUT2D eigenvalue weighted by molar-refractivity contribution is 0.0795. The molecule has 0 aliphatic heterocycles. The summed E-state index contributed by atoms with van der Waals surface area (Å²) in [6.07, 6.45) is 10.1. The fourth-order valence-corrected chi connectivity index (χ4v) is 3.45. The maximum atomic E-state index is 12.6. The molecule has 1 heterocycles. The standard InChI is InChI=1S/C22H27N3O2/c1-25(16-13-17-11-14-23-15-12-17)22(27)19-9-7-18(8-10-19)21(26)24-20-5-3-2-4-6-20/h7-12,14-15,20H,2-6,13,16H2,1H3,(H,24,26). The SMILES string of the molecule is CN(CCc1ccncc1)C(=O)c1ccc(C(=O)NC2CCCCC2)cc1. The molecule has 1 N–H and O–H groups in total. The van der Waals surface area contributed by atoms with Crippen LogP contribution >= 0.6 is 0 Å². The van der Waals surface area contributed by atoms with E-state index in [-0.39, 0.29) is 17.9 Å². The number of nitrogens with zero attached hydrogens (tertiary/aromatic N) is 2. The Hall–Kier alpha value is -2.69. The van der Waals surface area contributed by atoms with Crippen LogP contribution in [0.2, 0.25) is 0 Å². The van der Waals surface area contributed by atoms with Crippen LogP contribution in [0.4, 0.5) is 0 Å². The molecule has 0 saturated heterocycles. The number of carbonyl (C=O) groups is 2. The van der Waals surface area contributed by atoms with Crippen LogP contribution in [0, 0.1) is 0 Å². The second-order valence-corrected chi connectivity index (χ2v) is 7.22. The molecule has 2 aromatic rings. The number of rotatable bonds is 6. The highest BCUT2D eigenvalue weighted by molar-refractivity contribution is 5.97. The smallest absolute Gasteiger partial charge is 0.253 e. The fraction of sp³-hybridized carbons (Fsp3) is 0.409. The zero-order valence-corrected chi connectivity index (χ0v) is 15.9. The van der Waals surface area contributed by atoms with E-state index in [2.05, 4.69) is 10.3 Å². The van der Waals surface area contributed by atoms with Crippen LogP contribution in [0.3, 0.4) is 0 Å². The summed E-state index contributed by atoms with van der Waals surface area (Å²) in [5.74, 6) is -0.0877. The maximum absolute atomic E-state index is 12.6. The Labute approximate surface area is 160 Å². The molecule has 3 rings (SSSR count). The molecule has 0 atom stereocenters. The Morgan fingerprint density at radius 3 is 2.30 bits per heavy atom. The van der Waals surface area contributed by atoms with Crippen LogP contribution in [0.5, 0.6) is 0 Å². The minimum atomic E-state index is -0.0491. The number of likely N-dealkylation sites (N-methyl/N-ethyl adjacent to an activating group) is 1. The Morgan fingerprint density at radius 1 is 1.00 bits per heavy atom. The lowest BCUT2D eigenvalue weighted by atomic mass is 9.95. The molecular formula is C22H27N3O2. The van der Waals surface area contributed by atoms with Gasteiger partial charge >= 0.3 is 0 Å². The van der Waals surface area contributed by atoms with Crippen LogP contribution in [0.25, 0.3) is 0 Å². The van der Waals surface area contributed by atoms with Crippen LogP contribution in [0.15, 0.2) is 48.8 Å². The number of aromatic nitrogens is 1. The molecular weight excluding hydrogens is 338 g/mol. The summed E-state index contributed by atoms with van der Waals surface area (Å²) >= 11 is 0. The third-order valence-corrected chi connectivity index (χ3v) is 5.17. The molecule has 5 heteroatoms. The molecule has 0 radical (unpaired) electrons. The Kier molecular flexibility index (Phi) is 6.58. The van der Waals surface area contributed by atoms with E-state index >= 15 is 0 Å². The van der Waals surface area contributed by atoms with Crippen LogP contribution in [0.1, 0.15) is 58.4 Å². The highest BCUT2D eigenvalue weighted by Gasteiger charge is 2.17. The molecule has 0 bridgehead atoms.